The van der Waals surface area contributed by atoms with E-state index in [1.165, 1.54) is 0 Å². The highest BCUT2D eigenvalue weighted by molar-refractivity contribution is 8.00. The summed E-state index contributed by atoms with van der Waals surface area (Å²) in [6.45, 7) is -1.08. The lowest BCUT2D eigenvalue weighted by Crippen LogP contribution is -2.21. The van der Waals surface area contributed by atoms with Crippen LogP contribution < -0.4 is 4.74 Å². The van der Waals surface area contributed by atoms with Gasteiger partial charge in [-0.05, 0) is 23.9 Å². The molecule has 0 saturated heterocycles. The van der Waals surface area contributed by atoms with E-state index >= 15 is 0 Å². The monoisotopic (exact) mass is 350 g/mol. The molecule has 2 rings (SSSR count). The molecule has 0 amide bonds. The smallest absolute Gasteiger partial charge is 0.446 e. The molecular formula is C12H9F7O2S. The lowest BCUT2D eigenvalue weighted by molar-refractivity contribution is -0.0977. The van der Waals surface area contributed by atoms with Gasteiger partial charge < -0.3 is 9.84 Å². The molecule has 0 radical (unpaired) electrons. The topological polar surface area (TPSA) is 29.5 Å². The third-order valence-corrected chi connectivity index (χ3v) is 3.76. The van der Waals surface area contributed by atoms with Gasteiger partial charge in [0, 0.05) is 22.4 Å². The van der Waals surface area contributed by atoms with Crippen molar-refractivity contribution in [1.29, 1.82) is 0 Å². The van der Waals surface area contributed by atoms with E-state index in [0.717, 1.165) is 12.1 Å². The summed E-state index contributed by atoms with van der Waals surface area (Å²) < 4.78 is 93.4. The molecule has 1 unspecified atom stereocenters. The van der Waals surface area contributed by atoms with Crippen LogP contribution >= 0.6 is 11.8 Å². The highest BCUT2D eigenvalue weighted by atomic mass is 32.2. The van der Waals surface area contributed by atoms with Gasteiger partial charge in [0.1, 0.15) is 18.5 Å². The average Bonchev–Trinajstić information content (AvgIpc) is 2.58. The molecule has 0 heterocycles. The Balaban J connectivity index is 2.43. The SMILES string of the molecule is OC1c2c(SC(F)(F)F)ccc(OCC(F)F)c2CC1(F)F. The summed E-state index contributed by atoms with van der Waals surface area (Å²) in [7, 11) is 0. The average molecular weight is 350 g/mol. The van der Waals surface area contributed by atoms with Gasteiger partial charge in [-0.25, -0.2) is 17.6 Å². The Morgan fingerprint density at radius 3 is 2.50 bits per heavy atom. The molecule has 1 N–H and O–H groups in total. The number of aliphatic hydroxyl groups excluding tert-OH is 1. The van der Waals surface area contributed by atoms with Gasteiger partial charge in [0.2, 0.25) is 0 Å². The van der Waals surface area contributed by atoms with Gasteiger partial charge in [0.05, 0.1) is 0 Å². The number of ether oxygens (including phenoxy) is 1. The van der Waals surface area contributed by atoms with Gasteiger partial charge >= 0.3 is 5.51 Å². The molecular weight excluding hydrogens is 341 g/mol. The maximum absolute atomic E-state index is 13.6. The molecule has 1 atom stereocenters. The minimum Gasteiger partial charge on any atom is -0.487 e. The fraction of sp³-hybridized carbons (Fsp3) is 0.500. The number of halogens is 7. The number of alkyl halides is 7. The zero-order valence-corrected chi connectivity index (χ0v) is 11.4. The van der Waals surface area contributed by atoms with Gasteiger partial charge in [0.25, 0.3) is 12.3 Å². The molecule has 0 aromatic heterocycles. The highest BCUT2D eigenvalue weighted by Gasteiger charge is 2.50. The van der Waals surface area contributed by atoms with E-state index in [4.69, 9.17) is 0 Å². The molecule has 10 heteroatoms. The van der Waals surface area contributed by atoms with Crippen molar-refractivity contribution >= 4 is 11.8 Å². The van der Waals surface area contributed by atoms with Gasteiger partial charge in [-0.2, -0.15) is 13.2 Å². The summed E-state index contributed by atoms with van der Waals surface area (Å²) in [5, 5.41) is 9.55. The summed E-state index contributed by atoms with van der Waals surface area (Å²) in [6.07, 6.45) is -6.39. The van der Waals surface area contributed by atoms with Crippen LogP contribution in [0.5, 0.6) is 5.75 Å². The second-order valence-electron chi connectivity index (χ2n) is 4.54. The predicted octanol–water partition coefficient (Wildman–Crippen LogP) is 4.17. The number of benzene rings is 1. The third kappa shape index (κ3) is 3.60. The molecule has 2 nitrogen and oxygen atoms in total. The van der Waals surface area contributed by atoms with Crippen LogP contribution in [0.2, 0.25) is 0 Å². The molecule has 0 fully saturated rings. The van der Waals surface area contributed by atoms with Crippen molar-refractivity contribution in [3.8, 4) is 5.75 Å². The van der Waals surface area contributed by atoms with Crippen LogP contribution in [0.4, 0.5) is 30.7 Å². The van der Waals surface area contributed by atoms with Crippen LogP contribution in [0, 0.1) is 0 Å². The van der Waals surface area contributed by atoms with E-state index in [-0.39, 0.29) is 11.3 Å². The minimum atomic E-state index is -4.74. The molecule has 22 heavy (non-hydrogen) atoms. The molecule has 0 spiro atoms. The second-order valence-corrected chi connectivity index (χ2v) is 5.65. The van der Waals surface area contributed by atoms with Crippen LogP contribution in [0.15, 0.2) is 17.0 Å². The standard InChI is InChI=1S/C12H9F7O2S/c13-8(14)4-21-6-1-2-7(22-12(17,18)19)9-5(6)3-11(15,16)10(9)20/h1-2,8,10,20H,3-4H2. The molecule has 1 aliphatic carbocycles. The van der Waals surface area contributed by atoms with Crippen LogP contribution in [0.3, 0.4) is 0 Å². The first-order chi connectivity index (χ1) is 10.0. The number of hydrogen-bond acceptors (Lipinski definition) is 3. The number of aliphatic hydroxyl groups is 1. The maximum atomic E-state index is 13.6. The fourth-order valence-corrected chi connectivity index (χ4v) is 2.88. The molecule has 0 bridgehead atoms. The Hall–Kier alpha value is -1.16. The van der Waals surface area contributed by atoms with E-state index in [0.29, 0.717) is 0 Å². The Kier molecular flexibility index (Phi) is 4.54. The van der Waals surface area contributed by atoms with E-state index in [1.807, 2.05) is 0 Å². The Labute approximate surface area is 124 Å². The van der Waals surface area contributed by atoms with Crippen LogP contribution in [0.25, 0.3) is 0 Å². The van der Waals surface area contributed by atoms with Crippen LogP contribution in [-0.2, 0) is 6.42 Å². The maximum Gasteiger partial charge on any atom is 0.446 e. The van der Waals surface area contributed by atoms with Crippen molar-refractivity contribution in [2.75, 3.05) is 6.61 Å². The zero-order chi connectivity index (χ0) is 16.7. The minimum absolute atomic E-state index is 0.377. The molecule has 1 aromatic rings. The Bertz CT molecular complexity index is 559. The number of hydrogen-bond donors (Lipinski definition) is 1. The zero-order valence-electron chi connectivity index (χ0n) is 10.6. The van der Waals surface area contributed by atoms with Crippen molar-refractivity contribution in [3.63, 3.8) is 0 Å². The summed E-state index contributed by atoms with van der Waals surface area (Å²) in [6, 6.07) is 1.74. The lowest BCUT2D eigenvalue weighted by atomic mass is 10.1. The molecule has 0 saturated carbocycles. The largest absolute Gasteiger partial charge is 0.487 e. The Morgan fingerprint density at radius 2 is 1.95 bits per heavy atom. The number of thioether (sulfide) groups is 1. The van der Waals surface area contributed by atoms with Gasteiger partial charge in [0.15, 0.2) is 0 Å². The van der Waals surface area contributed by atoms with Crippen LogP contribution in [-0.4, -0.2) is 29.6 Å². The van der Waals surface area contributed by atoms with Crippen molar-refractivity contribution in [2.45, 2.75) is 35.3 Å². The lowest BCUT2D eigenvalue weighted by Gasteiger charge is -2.17. The summed E-state index contributed by atoms with van der Waals surface area (Å²) in [5.41, 5.74) is -5.75. The normalized spacial score (nSPS) is 20.3. The first-order valence-electron chi connectivity index (χ1n) is 5.89. The van der Waals surface area contributed by atoms with E-state index < -0.39 is 59.2 Å². The quantitative estimate of drug-likeness (QED) is 0.653. The molecule has 0 aliphatic heterocycles. The van der Waals surface area contributed by atoms with Crippen molar-refractivity contribution in [1.82, 2.24) is 0 Å². The van der Waals surface area contributed by atoms with Crippen molar-refractivity contribution in [3.05, 3.63) is 23.3 Å². The van der Waals surface area contributed by atoms with E-state index in [1.54, 1.807) is 0 Å². The highest BCUT2D eigenvalue weighted by Crippen LogP contribution is 2.52. The predicted molar refractivity (Wildman–Crippen MR) is 63.5 cm³/mol. The number of rotatable bonds is 4. The molecule has 124 valence electrons. The van der Waals surface area contributed by atoms with Crippen molar-refractivity contribution in [2.24, 2.45) is 0 Å². The van der Waals surface area contributed by atoms with Gasteiger partial charge in [-0.3, -0.25) is 0 Å². The van der Waals surface area contributed by atoms with Gasteiger partial charge in [-0.15, -0.1) is 0 Å². The number of fused-ring (bicyclic) bond motifs is 1. The van der Waals surface area contributed by atoms with Crippen molar-refractivity contribution < 1.29 is 40.6 Å². The first kappa shape index (κ1) is 17.2. The Morgan fingerprint density at radius 1 is 1.32 bits per heavy atom. The first-order valence-corrected chi connectivity index (χ1v) is 6.71. The van der Waals surface area contributed by atoms with Gasteiger partial charge in [-0.1, -0.05) is 0 Å². The third-order valence-electron chi connectivity index (χ3n) is 2.95. The summed E-state index contributed by atoms with van der Waals surface area (Å²) >= 11 is -0.653. The summed E-state index contributed by atoms with van der Waals surface area (Å²) in [4.78, 5) is -0.600. The van der Waals surface area contributed by atoms with E-state index in [9.17, 15) is 35.8 Å². The molecule has 1 aliphatic rings. The summed E-state index contributed by atoms with van der Waals surface area (Å²) in [5.74, 6) is -4.06. The fourth-order valence-electron chi connectivity index (χ4n) is 2.15. The van der Waals surface area contributed by atoms with Crippen LogP contribution in [0.1, 0.15) is 17.2 Å². The van der Waals surface area contributed by atoms with E-state index in [2.05, 4.69) is 4.74 Å². The second kappa shape index (κ2) is 5.80. The molecule has 1 aromatic carbocycles.